The molecule has 0 unspecified atom stereocenters. The number of benzene rings is 2. The number of esters is 1. The monoisotopic (exact) mass is 373 g/mol. The first-order valence-corrected chi connectivity index (χ1v) is 8.61. The summed E-state index contributed by atoms with van der Waals surface area (Å²) >= 11 is 0. The van der Waals surface area contributed by atoms with Crippen molar-refractivity contribution < 1.29 is 14.3 Å². The first kappa shape index (κ1) is 19.0. The summed E-state index contributed by atoms with van der Waals surface area (Å²) in [6, 6.07) is 17.8. The first-order valence-electron chi connectivity index (χ1n) is 8.61. The lowest BCUT2D eigenvalue weighted by atomic mass is 10.1. The molecule has 5 nitrogen and oxygen atoms in total. The van der Waals surface area contributed by atoms with Crippen molar-refractivity contribution in [3.8, 4) is 23.3 Å². The predicted octanol–water partition coefficient (Wildman–Crippen LogP) is 3.34. The quantitative estimate of drug-likeness (QED) is 0.522. The van der Waals surface area contributed by atoms with Gasteiger partial charge >= 0.3 is 5.97 Å². The molecule has 0 N–H and O–H groups in total. The van der Waals surface area contributed by atoms with Crippen molar-refractivity contribution in [3.63, 3.8) is 0 Å². The largest absolute Gasteiger partial charge is 0.497 e. The minimum absolute atomic E-state index is 0.235. The highest BCUT2D eigenvalue weighted by Crippen LogP contribution is 2.18. The van der Waals surface area contributed by atoms with E-state index in [0.717, 1.165) is 5.56 Å². The molecule has 5 heteroatoms. The van der Waals surface area contributed by atoms with E-state index in [1.54, 1.807) is 38.3 Å². The van der Waals surface area contributed by atoms with Gasteiger partial charge in [0.25, 0.3) is 5.56 Å². The normalized spacial score (nSPS) is 9.96. The number of ether oxygens (including phenoxy) is 2. The van der Waals surface area contributed by atoms with Gasteiger partial charge in [-0.2, -0.15) is 0 Å². The molecule has 0 saturated heterocycles. The van der Waals surface area contributed by atoms with E-state index in [2.05, 4.69) is 11.8 Å². The van der Waals surface area contributed by atoms with Gasteiger partial charge in [0, 0.05) is 11.1 Å². The Morgan fingerprint density at radius 2 is 1.64 bits per heavy atom. The minimum atomic E-state index is -0.553. The Labute approximate surface area is 163 Å². The van der Waals surface area contributed by atoms with Crippen molar-refractivity contribution in [3.05, 3.63) is 93.4 Å². The van der Waals surface area contributed by atoms with Crippen LogP contribution in [-0.2, 0) is 4.74 Å². The van der Waals surface area contributed by atoms with E-state index in [-0.39, 0.29) is 16.8 Å². The standard InChI is InChI=1S/C23H19NO4/c1-16-15-20(23(26)28-3)21(14-9-17-7-5-4-6-8-17)24(22(16)25)18-10-12-19(27-2)13-11-18/h4-8,10-13,15H,1-3H3. The van der Waals surface area contributed by atoms with Crippen molar-refractivity contribution >= 4 is 5.97 Å². The fraction of sp³-hybridized carbons (Fsp3) is 0.130. The molecule has 0 spiro atoms. The zero-order valence-corrected chi connectivity index (χ0v) is 15.9. The van der Waals surface area contributed by atoms with E-state index in [1.807, 2.05) is 30.3 Å². The summed E-state index contributed by atoms with van der Waals surface area (Å²) in [7, 11) is 2.87. The molecule has 0 atom stereocenters. The second kappa shape index (κ2) is 8.28. The fourth-order valence-electron chi connectivity index (χ4n) is 2.76. The molecule has 0 aliphatic carbocycles. The molecule has 1 aromatic heterocycles. The molecule has 0 radical (unpaired) electrons. The zero-order chi connectivity index (χ0) is 20.1. The molecule has 3 aromatic rings. The van der Waals surface area contributed by atoms with Crippen LogP contribution in [0.2, 0.25) is 0 Å². The van der Waals surface area contributed by atoms with Crippen molar-refractivity contribution in [2.24, 2.45) is 0 Å². The van der Waals surface area contributed by atoms with E-state index < -0.39 is 5.97 Å². The maximum atomic E-state index is 12.9. The first-order chi connectivity index (χ1) is 13.5. The summed E-state index contributed by atoms with van der Waals surface area (Å²) in [6.07, 6.45) is 0. The summed E-state index contributed by atoms with van der Waals surface area (Å²) in [4.78, 5) is 25.3. The summed E-state index contributed by atoms with van der Waals surface area (Å²) in [6.45, 7) is 1.66. The molecular formula is C23H19NO4. The Balaban J connectivity index is 2.29. The predicted molar refractivity (Wildman–Crippen MR) is 107 cm³/mol. The van der Waals surface area contributed by atoms with Gasteiger partial charge in [0.2, 0.25) is 0 Å². The molecule has 1 heterocycles. The average molecular weight is 373 g/mol. The van der Waals surface area contributed by atoms with Crippen LogP contribution in [0, 0.1) is 18.8 Å². The molecule has 3 rings (SSSR count). The van der Waals surface area contributed by atoms with Crippen LogP contribution in [-0.4, -0.2) is 24.8 Å². The number of hydrogen-bond donors (Lipinski definition) is 0. The molecule has 0 bridgehead atoms. The highest BCUT2D eigenvalue weighted by atomic mass is 16.5. The summed E-state index contributed by atoms with van der Waals surface area (Å²) in [5, 5.41) is 0. The van der Waals surface area contributed by atoms with Gasteiger partial charge in [0.05, 0.1) is 25.5 Å². The smallest absolute Gasteiger partial charge is 0.340 e. The molecule has 140 valence electrons. The molecule has 2 aromatic carbocycles. The van der Waals surface area contributed by atoms with Crippen molar-refractivity contribution in [2.75, 3.05) is 14.2 Å². The number of aromatic nitrogens is 1. The second-order valence-electron chi connectivity index (χ2n) is 6.04. The molecule has 0 aliphatic rings. The maximum Gasteiger partial charge on any atom is 0.340 e. The average Bonchev–Trinajstić information content (AvgIpc) is 2.74. The van der Waals surface area contributed by atoms with E-state index in [1.165, 1.54) is 17.7 Å². The Bertz CT molecular complexity index is 1120. The Kier molecular flexibility index (Phi) is 5.61. The van der Waals surface area contributed by atoms with Crippen LogP contribution in [0.5, 0.6) is 5.75 Å². The fourth-order valence-corrected chi connectivity index (χ4v) is 2.76. The highest BCUT2D eigenvalue weighted by molar-refractivity contribution is 5.92. The summed E-state index contributed by atoms with van der Waals surface area (Å²) in [5.74, 6) is 6.12. The van der Waals surface area contributed by atoms with Gasteiger partial charge in [-0.3, -0.25) is 9.36 Å². The van der Waals surface area contributed by atoms with Gasteiger partial charge in [0.15, 0.2) is 0 Å². The SMILES string of the molecule is COC(=O)c1cc(C)c(=O)n(-c2ccc(OC)cc2)c1C#Cc1ccccc1. The van der Waals surface area contributed by atoms with Crippen molar-refractivity contribution in [2.45, 2.75) is 6.92 Å². The van der Waals surface area contributed by atoms with Gasteiger partial charge < -0.3 is 9.47 Å². The van der Waals surface area contributed by atoms with Crippen LogP contribution in [0.1, 0.15) is 27.2 Å². The molecule has 0 saturated carbocycles. The van der Waals surface area contributed by atoms with Crippen LogP contribution in [0.4, 0.5) is 0 Å². The molecule has 28 heavy (non-hydrogen) atoms. The summed E-state index contributed by atoms with van der Waals surface area (Å²) in [5.41, 5.74) is 2.02. The van der Waals surface area contributed by atoms with Gasteiger partial charge in [-0.1, -0.05) is 24.1 Å². The van der Waals surface area contributed by atoms with Gasteiger partial charge in [-0.25, -0.2) is 4.79 Å². The number of carbonyl (C=O) groups excluding carboxylic acids is 1. The minimum Gasteiger partial charge on any atom is -0.497 e. The lowest BCUT2D eigenvalue weighted by Crippen LogP contribution is -2.26. The van der Waals surface area contributed by atoms with Gasteiger partial charge in [-0.05, 0) is 55.3 Å². The lowest BCUT2D eigenvalue weighted by Gasteiger charge is -2.14. The van der Waals surface area contributed by atoms with Crippen molar-refractivity contribution in [1.29, 1.82) is 0 Å². The number of nitrogens with zero attached hydrogens (tertiary/aromatic N) is 1. The Morgan fingerprint density at radius 1 is 0.964 bits per heavy atom. The Morgan fingerprint density at radius 3 is 2.25 bits per heavy atom. The van der Waals surface area contributed by atoms with Crippen LogP contribution < -0.4 is 10.3 Å². The van der Waals surface area contributed by atoms with Crippen LogP contribution in [0.25, 0.3) is 5.69 Å². The molecular weight excluding hydrogens is 354 g/mol. The number of pyridine rings is 1. The molecule has 0 amide bonds. The number of hydrogen-bond acceptors (Lipinski definition) is 4. The number of aryl methyl sites for hydroxylation is 1. The van der Waals surface area contributed by atoms with Crippen LogP contribution in [0.3, 0.4) is 0 Å². The maximum absolute atomic E-state index is 12.9. The van der Waals surface area contributed by atoms with Crippen LogP contribution in [0.15, 0.2) is 65.5 Å². The number of methoxy groups -OCH3 is 2. The third-order valence-electron chi connectivity index (χ3n) is 4.21. The van der Waals surface area contributed by atoms with E-state index in [4.69, 9.17) is 9.47 Å². The van der Waals surface area contributed by atoms with Crippen LogP contribution >= 0.6 is 0 Å². The molecule has 0 fully saturated rings. The highest BCUT2D eigenvalue weighted by Gasteiger charge is 2.19. The third-order valence-corrected chi connectivity index (χ3v) is 4.21. The molecule has 0 aliphatic heterocycles. The third kappa shape index (κ3) is 3.81. The second-order valence-corrected chi connectivity index (χ2v) is 6.04. The van der Waals surface area contributed by atoms with Gasteiger partial charge in [0.1, 0.15) is 11.4 Å². The van der Waals surface area contributed by atoms with E-state index >= 15 is 0 Å². The zero-order valence-electron chi connectivity index (χ0n) is 15.9. The number of carbonyl (C=O) groups is 1. The van der Waals surface area contributed by atoms with E-state index in [0.29, 0.717) is 17.0 Å². The van der Waals surface area contributed by atoms with Gasteiger partial charge in [-0.15, -0.1) is 0 Å². The van der Waals surface area contributed by atoms with E-state index in [9.17, 15) is 9.59 Å². The lowest BCUT2D eigenvalue weighted by molar-refractivity contribution is 0.0599. The summed E-state index contributed by atoms with van der Waals surface area (Å²) < 4.78 is 11.5. The van der Waals surface area contributed by atoms with Crippen molar-refractivity contribution in [1.82, 2.24) is 4.57 Å². The number of rotatable bonds is 3. The Hall–Kier alpha value is -3.78. The topological polar surface area (TPSA) is 57.5 Å².